The van der Waals surface area contributed by atoms with Gasteiger partial charge in [-0.3, -0.25) is 9.48 Å². The van der Waals surface area contributed by atoms with Crippen molar-refractivity contribution in [3.8, 4) is 0 Å². The first kappa shape index (κ1) is 14.4. The molecule has 0 aliphatic rings. The second-order valence-electron chi connectivity index (χ2n) is 4.31. The Hall–Kier alpha value is -0.680. The highest BCUT2D eigenvalue weighted by Crippen LogP contribution is 2.24. The zero-order valence-corrected chi connectivity index (χ0v) is 12.3. The van der Waals surface area contributed by atoms with E-state index in [0.717, 1.165) is 15.9 Å². The molecule has 0 atom stereocenters. The molecule has 17 heavy (non-hydrogen) atoms. The number of rotatable bonds is 5. The molecule has 0 aliphatic heterocycles. The summed E-state index contributed by atoms with van der Waals surface area (Å²) in [6.07, 6.45) is 1.09. The fraction of sp³-hybridized carbons (Fsp3) is 0.667. The molecule has 0 aromatic carbocycles. The molecule has 1 heterocycles. The maximum Gasteiger partial charge on any atom is 0.170 e. The van der Waals surface area contributed by atoms with Gasteiger partial charge in [0.2, 0.25) is 0 Å². The van der Waals surface area contributed by atoms with Crippen LogP contribution in [0.25, 0.3) is 0 Å². The van der Waals surface area contributed by atoms with Gasteiger partial charge in [0.25, 0.3) is 0 Å². The number of aromatic nitrogens is 2. The zero-order valence-electron chi connectivity index (χ0n) is 10.7. The van der Waals surface area contributed by atoms with Crippen LogP contribution in [-0.2, 0) is 18.3 Å². The summed E-state index contributed by atoms with van der Waals surface area (Å²) in [5.74, 6) is -0.147. The van der Waals surface area contributed by atoms with Crippen molar-refractivity contribution < 1.29 is 9.90 Å². The summed E-state index contributed by atoms with van der Waals surface area (Å²) in [7, 11) is 1.80. The molecule has 0 saturated carbocycles. The van der Waals surface area contributed by atoms with Gasteiger partial charge in [-0.05, 0) is 35.7 Å². The van der Waals surface area contributed by atoms with Crippen molar-refractivity contribution in [3.63, 3.8) is 0 Å². The fourth-order valence-corrected chi connectivity index (χ4v) is 2.31. The molecule has 0 saturated heterocycles. The monoisotopic (exact) mass is 302 g/mol. The maximum atomic E-state index is 12.1. The first-order chi connectivity index (χ1) is 7.85. The van der Waals surface area contributed by atoms with Crippen LogP contribution < -0.4 is 0 Å². The molecule has 1 aromatic rings. The van der Waals surface area contributed by atoms with E-state index in [1.807, 2.05) is 20.8 Å². The molecular formula is C12H19BrN2O2. The minimum Gasteiger partial charge on any atom is -0.382 e. The van der Waals surface area contributed by atoms with E-state index in [2.05, 4.69) is 21.0 Å². The lowest BCUT2D eigenvalue weighted by Crippen LogP contribution is -2.38. The van der Waals surface area contributed by atoms with Gasteiger partial charge < -0.3 is 5.11 Å². The molecule has 0 unspecified atom stereocenters. The van der Waals surface area contributed by atoms with Gasteiger partial charge in [0.15, 0.2) is 5.78 Å². The fourth-order valence-electron chi connectivity index (χ4n) is 1.83. The lowest BCUT2D eigenvalue weighted by molar-refractivity contribution is -0.137. The van der Waals surface area contributed by atoms with Gasteiger partial charge in [0.05, 0.1) is 22.3 Å². The molecule has 0 bridgehead atoms. The lowest BCUT2D eigenvalue weighted by Gasteiger charge is -2.23. The van der Waals surface area contributed by atoms with E-state index in [0.29, 0.717) is 12.8 Å². The normalized spacial score (nSPS) is 11.9. The number of nitrogens with zero attached hydrogens (tertiary/aromatic N) is 2. The molecule has 4 nitrogen and oxygen atoms in total. The van der Waals surface area contributed by atoms with Gasteiger partial charge in [-0.15, -0.1) is 0 Å². The van der Waals surface area contributed by atoms with Crippen molar-refractivity contribution in [1.29, 1.82) is 0 Å². The molecule has 1 N–H and O–H groups in total. The first-order valence-corrected chi connectivity index (χ1v) is 6.58. The molecule has 0 fully saturated rings. The molecular weight excluding hydrogens is 284 g/mol. The SMILES string of the molecule is CCC(O)(CC)C(=O)Cc1c(Br)c(C)nn1C. The number of aliphatic hydroxyl groups is 1. The van der Waals surface area contributed by atoms with Crippen LogP contribution in [0.15, 0.2) is 4.47 Å². The number of Topliss-reactive ketones (excluding diaryl/α,β-unsaturated/α-hetero) is 1. The Labute approximate surface area is 110 Å². The quantitative estimate of drug-likeness (QED) is 0.907. The second-order valence-corrected chi connectivity index (χ2v) is 5.10. The van der Waals surface area contributed by atoms with Crippen molar-refractivity contribution in [2.75, 3.05) is 0 Å². The Bertz CT molecular complexity index is 422. The van der Waals surface area contributed by atoms with Crippen LogP contribution in [0.3, 0.4) is 0 Å². The van der Waals surface area contributed by atoms with E-state index in [1.54, 1.807) is 11.7 Å². The van der Waals surface area contributed by atoms with Crippen LogP contribution in [-0.4, -0.2) is 26.3 Å². The lowest BCUT2D eigenvalue weighted by atomic mass is 9.89. The highest BCUT2D eigenvalue weighted by Gasteiger charge is 2.32. The first-order valence-electron chi connectivity index (χ1n) is 5.79. The third-order valence-corrected chi connectivity index (χ3v) is 4.31. The average Bonchev–Trinajstić information content (AvgIpc) is 2.54. The number of aryl methyl sites for hydroxylation is 2. The average molecular weight is 303 g/mol. The van der Waals surface area contributed by atoms with Crippen LogP contribution in [0, 0.1) is 6.92 Å². The van der Waals surface area contributed by atoms with Crippen LogP contribution in [0.5, 0.6) is 0 Å². The molecule has 0 amide bonds. The Balaban J connectivity index is 2.95. The second kappa shape index (κ2) is 5.31. The summed E-state index contributed by atoms with van der Waals surface area (Å²) in [5.41, 5.74) is 0.456. The summed E-state index contributed by atoms with van der Waals surface area (Å²) in [6.45, 7) is 5.53. The molecule has 96 valence electrons. The van der Waals surface area contributed by atoms with E-state index in [-0.39, 0.29) is 12.2 Å². The summed E-state index contributed by atoms with van der Waals surface area (Å²) in [5, 5.41) is 14.4. The minimum atomic E-state index is -1.21. The molecule has 0 spiro atoms. The Morgan fingerprint density at radius 3 is 2.35 bits per heavy atom. The van der Waals surface area contributed by atoms with Gasteiger partial charge in [-0.25, -0.2) is 0 Å². The number of carbonyl (C=O) groups excluding carboxylic acids is 1. The summed E-state index contributed by atoms with van der Waals surface area (Å²) >= 11 is 3.42. The summed E-state index contributed by atoms with van der Waals surface area (Å²) in [6, 6.07) is 0. The third kappa shape index (κ3) is 2.77. The minimum absolute atomic E-state index is 0.147. The van der Waals surface area contributed by atoms with E-state index >= 15 is 0 Å². The Kier molecular flexibility index (Phi) is 4.49. The number of ketones is 1. The van der Waals surface area contributed by atoms with Crippen LogP contribution in [0.2, 0.25) is 0 Å². The van der Waals surface area contributed by atoms with E-state index in [1.165, 1.54) is 0 Å². The van der Waals surface area contributed by atoms with Crippen LogP contribution in [0.1, 0.15) is 38.1 Å². The van der Waals surface area contributed by atoms with Crippen molar-refractivity contribution in [2.45, 2.75) is 45.6 Å². The molecule has 1 aromatic heterocycles. The summed E-state index contributed by atoms with van der Waals surface area (Å²) < 4.78 is 2.53. The predicted molar refractivity (Wildman–Crippen MR) is 69.9 cm³/mol. The molecule has 1 rings (SSSR count). The van der Waals surface area contributed by atoms with Gasteiger partial charge >= 0.3 is 0 Å². The largest absolute Gasteiger partial charge is 0.382 e. The predicted octanol–water partition coefficient (Wildman–Crippen LogP) is 2.15. The highest BCUT2D eigenvalue weighted by atomic mass is 79.9. The third-order valence-electron chi connectivity index (χ3n) is 3.28. The van der Waals surface area contributed by atoms with Gasteiger partial charge in [-0.2, -0.15) is 5.10 Å². The topological polar surface area (TPSA) is 55.1 Å². The number of hydrogen-bond donors (Lipinski definition) is 1. The standard InChI is InChI=1S/C12H19BrN2O2/c1-5-12(17,6-2)10(16)7-9-11(13)8(3)14-15(9)4/h17H,5-7H2,1-4H3. The maximum absolute atomic E-state index is 12.1. The van der Waals surface area contributed by atoms with Gasteiger partial charge in [0.1, 0.15) is 5.60 Å². The molecule has 0 aliphatic carbocycles. The number of carbonyl (C=O) groups is 1. The molecule has 0 radical (unpaired) electrons. The number of halogens is 1. The highest BCUT2D eigenvalue weighted by molar-refractivity contribution is 9.10. The van der Waals surface area contributed by atoms with Gasteiger partial charge in [0, 0.05) is 7.05 Å². The van der Waals surface area contributed by atoms with Crippen molar-refractivity contribution >= 4 is 21.7 Å². The van der Waals surface area contributed by atoms with Crippen molar-refractivity contribution in [2.24, 2.45) is 7.05 Å². The number of hydrogen-bond acceptors (Lipinski definition) is 3. The van der Waals surface area contributed by atoms with E-state index < -0.39 is 5.60 Å². The van der Waals surface area contributed by atoms with E-state index in [4.69, 9.17) is 0 Å². The van der Waals surface area contributed by atoms with E-state index in [9.17, 15) is 9.90 Å². The summed E-state index contributed by atoms with van der Waals surface area (Å²) in [4.78, 5) is 12.1. The molecule has 5 heteroatoms. The van der Waals surface area contributed by atoms with Crippen LogP contribution >= 0.6 is 15.9 Å². The Morgan fingerprint density at radius 2 is 2.00 bits per heavy atom. The zero-order chi connectivity index (χ0) is 13.2. The Morgan fingerprint density at radius 1 is 1.47 bits per heavy atom. The smallest absolute Gasteiger partial charge is 0.170 e. The van der Waals surface area contributed by atoms with Gasteiger partial charge in [-0.1, -0.05) is 13.8 Å². The van der Waals surface area contributed by atoms with Crippen molar-refractivity contribution in [3.05, 3.63) is 15.9 Å². The van der Waals surface area contributed by atoms with Crippen molar-refractivity contribution in [1.82, 2.24) is 9.78 Å². The van der Waals surface area contributed by atoms with Crippen LogP contribution in [0.4, 0.5) is 0 Å².